The number of rotatable bonds is 5. The lowest BCUT2D eigenvalue weighted by atomic mass is 10.1. The van der Waals surface area contributed by atoms with Crippen molar-refractivity contribution in [2.75, 3.05) is 5.32 Å². The second-order valence-corrected chi connectivity index (χ2v) is 6.70. The first kappa shape index (κ1) is 19.6. The number of esters is 1. The van der Waals surface area contributed by atoms with Crippen molar-refractivity contribution < 1.29 is 14.3 Å². The van der Waals surface area contributed by atoms with Crippen molar-refractivity contribution in [3.63, 3.8) is 0 Å². The minimum Gasteiger partial charge on any atom is -0.444 e. The van der Waals surface area contributed by atoms with Crippen LogP contribution in [0.1, 0.15) is 33.2 Å². The summed E-state index contributed by atoms with van der Waals surface area (Å²) in [6, 6.07) is 17.7. The van der Waals surface area contributed by atoms with Gasteiger partial charge in [-0.2, -0.15) is 0 Å². The van der Waals surface area contributed by atoms with E-state index in [1.165, 1.54) is 12.3 Å². The number of nitrogens with zero attached hydrogens (tertiary/aromatic N) is 1. The number of benzene rings is 2. The van der Waals surface area contributed by atoms with Gasteiger partial charge < -0.3 is 10.1 Å². The molecule has 6 heteroatoms. The number of amides is 1. The highest BCUT2D eigenvalue weighted by Crippen LogP contribution is 2.24. The topological polar surface area (TPSA) is 68.3 Å². The van der Waals surface area contributed by atoms with E-state index in [-0.39, 0.29) is 10.7 Å². The van der Waals surface area contributed by atoms with Gasteiger partial charge in [0.25, 0.3) is 5.91 Å². The first-order chi connectivity index (χ1) is 13.5. The van der Waals surface area contributed by atoms with Gasteiger partial charge in [0, 0.05) is 17.4 Å². The van der Waals surface area contributed by atoms with Crippen molar-refractivity contribution in [1.29, 1.82) is 0 Å². The summed E-state index contributed by atoms with van der Waals surface area (Å²) in [4.78, 5) is 29.5. The van der Waals surface area contributed by atoms with Crippen LogP contribution >= 0.6 is 11.6 Å². The number of carbonyl (C=O) groups excluding carboxylic acids is 2. The summed E-state index contributed by atoms with van der Waals surface area (Å²) >= 11 is 5.98. The number of nitrogens with one attached hydrogen (secondary N) is 1. The van der Waals surface area contributed by atoms with E-state index in [1.54, 1.807) is 30.3 Å². The van der Waals surface area contributed by atoms with Crippen molar-refractivity contribution in [1.82, 2.24) is 4.98 Å². The van der Waals surface area contributed by atoms with Gasteiger partial charge in [0.2, 0.25) is 6.10 Å². The smallest absolute Gasteiger partial charge is 0.342 e. The molecule has 0 aliphatic carbocycles. The summed E-state index contributed by atoms with van der Waals surface area (Å²) in [6.07, 6.45) is 0.339. The Bertz CT molecular complexity index is 1010. The fourth-order valence-corrected chi connectivity index (χ4v) is 2.87. The predicted octanol–water partition coefficient (Wildman–Crippen LogP) is 4.89. The molecule has 28 heavy (non-hydrogen) atoms. The van der Waals surface area contributed by atoms with Crippen molar-refractivity contribution in [3.05, 3.63) is 94.3 Å². The molecule has 1 aromatic heterocycles. The number of hydrogen-bond donors (Lipinski definition) is 1. The summed E-state index contributed by atoms with van der Waals surface area (Å²) in [7, 11) is 0. The summed E-state index contributed by atoms with van der Waals surface area (Å²) in [5, 5.41) is 2.88. The van der Waals surface area contributed by atoms with Crippen molar-refractivity contribution in [2.45, 2.75) is 20.0 Å². The maximum Gasteiger partial charge on any atom is 0.342 e. The molecule has 0 radical (unpaired) electrons. The number of aromatic nitrogens is 1. The SMILES string of the molecule is Cc1ccc(C)c(NC(=O)[C@@H](OC(=O)c2cccnc2Cl)c2ccccc2)c1. The normalized spacial score (nSPS) is 11.5. The number of pyridine rings is 1. The standard InChI is InChI=1S/C22H19ClN2O3/c1-14-10-11-15(2)18(13-14)25-21(26)19(16-7-4-3-5-8-16)28-22(27)17-9-6-12-24-20(17)23/h3-13,19H,1-2H3,(H,25,26)/t19-/m0/s1. The van der Waals surface area contributed by atoms with Crippen LogP contribution in [0, 0.1) is 13.8 Å². The Hall–Kier alpha value is -3.18. The van der Waals surface area contributed by atoms with Crippen LogP contribution in [-0.2, 0) is 9.53 Å². The number of anilines is 1. The molecule has 1 N–H and O–H groups in total. The zero-order valence-electron chi connectivity index (χ0n) is 15.5. The molecule has 142 valence electrons. The largest absolute Gasteiger partial charge is 0.444 e. The number of hydrogen-bond acceptors (Lipinski definition) is 4. The van der Waals surface area contributed by atoms with E-state index in [2.05, 4.69) is 10.3 Å². The number of aryl methyl sites for hydroxylation is 2. The third kappa shape index (κ3) is 4.56. The average molecular weight is 395 g/mol. The molecule has 0 saturated carbocycles. The van der Waals surface area contributed by atoms with Crippen LogP contribution in [0.4, 0.5) is 5.69 Å². The fraction of sp³-hybridized carbons (Fsp3) is 0.136. The third-order valence-electron chi connectivity index (χ3n) is 4.20. The van der Waals surface area contributed by atoms with Gasteiger partial charge in [-0.1, -0.05) is 54.1 Å². The monoisotopic (exact) mass is 394 g/mol. The lowest BCUT2D eigenvalue weighted by molar-refractivity contribution is -0.125. The van der Waals surface area contributed by atoms with Crippen LogP contribution in [-0.4, -0.2) is 16.9 Å². The lowest BCUT2D eigenvalue weighted by Crippen LogP contribution is -2.26. The molecule has 5 nitrogen and oxygen atoms in total. The minimum atomic E-state index is -1.13. The highest BCUT2D eigenvalue weighted by molar-refractivity contribution is 6.32. The van der Waals surface area contributed by atoms with E-state index in [1.807, 2.05) is 38.1 Å². The van der Waals surface area contributed by atoms with Gasteiger partial charge in [-0.05, 0) is 43.2 Å². The first-order valence-corrected chi connectivity index (χ1v) is 9.08. The molecule has 3 rings (SSSR count). The van der Waals surface area contributed by atoms with E-state index in [9.17, 15) is 9.59 Å². The van der Waals surface area contributed by atoms with Crippen LogP contribution in [0.5, 0.6) is 0 Å². The van der Waals surface area contributed by atoms with Crippen LogP contribution in [0.15, 0.2) is 66.9 Å². The van der Waals surface area contributed by atoms with E-state index >= 15 is 0 Å². The van der Waals surface area contributed by atoms with E-state index in [0.29, 0.717) is 11.3 Å². The van der Waals surface area contributed by atoms with Crippen molar-refractivity contribution >= 4 is 29.2 Å². The lowest BCUT2D eigenvalue weighted by Gasteiger charge is -2.19. The summed E-state index contributed by atoms with van der Waals surface area (Å²) < 4.78 is 5.53. The molecule has 2 aromatic carbocycles. The Morgan fingerprint density at radius 2 is 1.79 bits per heavy atom. The molecule has 1 heterocycles. The Morgan fingerprint density at radius 1 is 1.04 bits per heavy atom. The van der Waals surface area contributed by atoms with Crippen molar-refractivity contribution in [3.8, 4) is 0 Å². The molecule has 0 saturated heterocycles. The predicted molar refractivity (Wildman–Crippen MR) is 108 cm³/mol. The quantitative estimate of drug-likeness (QED) is 0.494. The molecule has 0 aliphatic rings. The molecule has 0 fully saturated rings. The second kappa shape index (κ2) is 8.67. The molecule has 1 atom stereocenters. The Labute approximate surface area is 168 Å². The zero-order chi connectivity index (χ0) is 20.1. The third-order valence-corrected chi connectivity index (χ3v) is 4.50. The summed E-state index contributed by atoms with van der Waals surface area (Å²) in [5.41, 5.74) is 3.24. The summed E-state index contributed by atoms with van der Waals surface area (Å²) in [5.74, 6) is -1.17. The molecule has 0 bridgehead atoms. The van der Waals surface area contributed by atoms with Gasteiger partial charge in [0.15, 0.2) is 0 Å². The Morgan fingerprint density at radius 3 is 2.50 bits per heavy atom. The van der Waals surface area contributed by atoms with Crippen LogP contribution in [0.2, 0.25) is 5.15 Å². The maximum absolute atomic E-state index is 13.0. The average Bonchev–Trinajstić information content (AvgIpc) is 2.69. The maximum atomic E-state index is 13.0. The van der Waals surface area contributed by atoms with Crippen LogP contribution in [0.3, 0.4) is 0 Å². The van der Waals surface area contributed by atoms with E-state index in [4.69, 9.17) is 16.3 Å². The number of carbonyl (C=O) groups is 2. The van der Waals surface area contributed by atoms with Gasteiger partial charge in [0.1, 0.15) is 5.15 Å². The van der Waals surface area contributed by atoms with Gasteiger partial charge in [-0.15, -0.1) is 0 Å². The van der Waals surface area contributed by atoms with Crippen LogP contribution in [0.25, 0.3) is 0 Å². The van der Waals surface area contributed by atoms with Crippen molar-refractivity contribution in [2.24, 2.45) is 0 Å². The van der Waals surface area contributed by atoms with Crippen LogP contribution < -0.4 is 5.32 Å². The Balaban J connectivity index is 1.89. The zero-order valence-corrected chi connectivity index (χ0v) is 16.2. The van der Waals surface area contributed by atoms with Gasteiger partial charge in [0.05, 0.1) is 5.56 Å². The highest BCUT2D eigenvalue weighted by Gasteiger charge is 2.27. The summed E-state index contributed by atoms with van der Waals surface area (Å²) in [6.45, 7) is 3.84. The Kier molecular flexibility index (Phi) is 6.06. The van der Waals surface area contributed by atoms with Gasteiger partial charge >= 0.3 is 5.97 Å². The molecule has 0 spiro atoms. The molecular weight excluding hydrogens is 376 g/mol. The molecule has 0 aliphatic heterocycles. The minimum absolute atomic E-state index is 0.0225. The highest BCUT2D eigenvalue weighted by atomic mass is 35.5. The molecular formula is C22H19ClN2O3. The number of ether oxygens (including phenoxy) is 1. The number of halogens is 1. The molecule has 1 amide bonds. The van der Waals surface area contributed by atoms with Gasteiger partial charge in [-0.3, -0.25) is 4.79 Å². The molecule has 3 aromatic rings. The van der Waals surface area contributed by atoms with Gasteiger partial charge in [-0.25, -0.2) is 9.78 Å². The fourth-order valence-electron chi connectivity index (χ4n) is 2.68. The van der Waals surface area contributed by atoms with E-state index in [0.717, 1.165) is 11.1 Å². The first-order valence-electron chi connectivity index (χ1n) is 8.70. The second-order valence-electron chi connectivity index (χ2n) is 6.35. The molecule has 0 unspecified atom stereocenters. The van der Waals surface area contributed by atoms with E-state index < -0.39 is 18.0 Å².